The van der Waals surface area contributed by atoms with Gasteiger partial charge in [-0.15, -0.1) is 0 Å². The molecule has 0 radical (unpaired) electrons. The molecule has 0 aliphatic carbocycles. The summed E-state index contributed by atoms with van der Waals surface area (Å²) in [4.78, 5) is 13.1. The summed E-state index contributed by atoms with van der Waals surface area (Å²) in [5.74, 6) is 0. The van der Waals surface area contributed by atoms with E-state index in [-0.39, 0.29) is 16.7 Å². The Bertz CT molecular complexity index is 472. The zero-order valence-corrected chi connectivity index (χ0v) is 10.7. The fourth-order valence-electron chi connectivity index (χ4n) is 2.41. The van der Waals surface area contributed by atoms with Crippen molar-refractivity contribution in [3.8, 4) is 0 Å². The standard InChI is InChI=1S/C12H15N3O2S/c13-12(18)11(14-7-3-4-8-14)9-5-1-2-6-10(9)15(16)17/h1-2,5-6,11H,3-4,7-8H2,(H2,13,18). The molecule has 1 aliphatic heterocycles. The largest absolute Gasteiger partial charge is 0.392 e. The second-order valence-electron chi connectivity index (χ2n) is 4.36. The summed E-state index contributed by atoms with van der Waals surface area (Å²) >= 11 is 5.10. The Labute approximate surface area is 111 Å². The minimum Gasteiger partial charge on any atom is -0.392 e. The Morgan fingerprint density at radius 2 is 2.00 bits per heavy atom. The maximum atomic E-state index is 11.1. The van der Waals surface area contributed by atoms with Crippen LogP contribution in [0.1, 0.15) is 24.4 Å². The first-order chi connectivity index (χ1) is 8.61. The van der Waals surface area contributed by atoms with Crippen LogP contribution < -0.4 is 5.73 Å². The van der Waals surface area contributed by atoms with E-state index < -0.39 is 0 Å². The van der Waals surface area contributed by atoms with E-state index in [9.17, 15) is 10.1 Å². The van der Waals surface area contributed by atoms with Crippen molar-refractivity contribution >= 4 is 22.9 Å². The monoisotopic (exact) mass is 265 g/mol. The molecule has 1 unspecified atom stereocenters. The lowest BCUT2D eigenvalue weighted by Crippen LogP contribution is -2.35. The second-order valence-corrected chi connectivity index (χ2v) is 4.84. The lowest BCUT2D eigenvalue weighted by Gasteiger charge is -2.26. The van der Waals surface area contributed by atoms with Gasteiger partial charge in [0.25, 0.3) is 5.69 Å². The predicted molar refractivity (Wildman–Crippen MR) is 73.4 cm³/mol. The Kier molecular flexibility index (Phi) is 3.88. The van der Waals surface area contributed by atoms with E-state index in [1.54, 1.807) is 18.2 Å². The maximum absolute atomic E-state index is 11.1. The average Bonchev–Trinajstić information content (AvgIpc) is 2.83. The molecule has 6 heteroatoms. The van der Waals surface area contributed by atoms with Crippen molar-refractivity contribution in [2.75, 3.05) is 13.1 Å². The van der Waals surface area contributed by atoms with Gasteiger partial charge in [0.05, 0.1) is 21.5 Å². The van der Waals surface area contributed by atoms with E-state index in [2.05, 4.69) is 4.90 Å². The van der Waals surface area contributed by atoms with Gasteiger partial charge in [0.15, 0.2) is 0 Å². The highest BCUT2D eigenvalue weighted by molar-refractivity contribution is 7.80. The molecule has 1 heterocycles. The number of nitro benzene ring substituents is 1. The van der Waals surface area contributed by atoms with Crippen LogP contribution in [0.5, 0.6) is 0 Å². The number of nitrogens with zero attached hydrogens (tertiary/aromatic N) is 2. The zero-order chi connectivity index (χ0) is 13.1. The van der Waals surface area contributed by atoms with Gasteiger partial charge in [-0.25, -0.2) is 0 Å². The normalized spacial score (nSPS) is 17.6. The van der Waals surface area contributed by atoms with Crippen LogP contribution in [0.3, 0.4) is 0 Å². The van der Waals surface area contributed by atoms with Gasteiger partial charge in [0.1, 0.15) is 0 Å². The van der Waals surface area contributed by atoms with E-state index in [0.717, 1.165) is 25.9 Å². The van der Waals surface area contributed by atoms with Gasteiger partial charge in [0.2, 0.25) is 0 Å². The first kappa shape index (κ1) is 12.9. The number of hydrogen-bond acceptors (Lipinski definition) is 4. The summed E-state index contributed by atoms with van der Waals surface area (Å²) in [6.45, 7) is 1.77. The van der Waals surface area contributed by atoms with Crippen LogP contribution in [0, 0.1) is 10.1 Å². The van der Waals surface area contributed by atoms with Gasteiger partial charge >= 0.3 is 0 Å². The molecule has 1 atom stereocenters. The summed E-state index contributed by atoms with van der Waals surface area (Å²) in [6, 6.07) is 6.34. The zero-order valence-electron chi connectivity index (χ0n) is 9.91. The lowest BCUT2D eigenvalue weighted by molar-refractivity contribution is -0.385. The van der Waals surface area contributed by atoms with E-state index in [1.165, 1.54) is 6.07 Å². The molecule has 1 saturated heterocycles. The molecular weight excluding hydrogens is 250 g/mol. The Balaban J connectivity index is 2.42. The molecule has 0 saturated carbocycles. The number of para-hydroxylation sites is 1. The predicted octanol–water partition coefficient (Wildman–Crippen LogP) is 2.02. The molecular formula is C12H15N3O2S. The smallest absolute Gasteiger partial charge is 0.274 e. The molecule has 1 fully saturated rings. The fraction of sp³-hybridized carbons (Fsp3) is 0.417. The molecule has 0 spiro atoms. The molecule has 5 nitrogen and oxygen atoms in total. The van der Waals surface area contributed by atoms with Crippen molar-refractivity contribution in [3.63, 3.8) is 0 Å². The quantitative estimate of drug-likeness (QED) is 0.512. The number of likely N-dealkylation sites (tertiary alicyclic amines) is 1. The van der Waals surface area contributed by atoms with E-state index in [1.807, 2.05) is 0 Å². The van der Waals surface area contributed by atoms with Crippen molar-refractivity contribution in [2.45, 2.75) is 18.9 Å². The van der Waals surface area contributed by atoms with Crippen LogP contribution in [0.2, 0.25) is 0 Å². The van der Waals surface area contributed by atoms with Crippen molar-refractivity contribution in [1.29, 1.82) is 0 Å². The van der Waals surface area contributed by atoms with Crippen LogP contribution >= 0.6 is 12.2 Å². The van der Waals surface area contributed by atoms with Gasteiger partial charge in [-0.1, -0.05) is 30.4 Å². The minimum absolute atomic E-state index is 0.0854. The van der Waals surface area contributed by atoms with Crippen LogP contribution in [-0.4, -0.2) is 27.9 Å². The molecule has 1 aromatic carbocycles. The number of nitro groups is 1. The van der Waals surface area contributed by atoms with E-state index in [4.69, 9.17) is 18.0 Å². The minimum atomic E-state index is -0.378. The summed E-state index contributed by atoms with van der Waals surface area (Å²) in [5, 5.41) is 11.1. The van der Waals surface area contributed by atoms with Crippen molar-refractivity contribution < 1.29 is 4.92 Å². The summed E-state index contributed by atoms with van der Waals surface area (Å²) in [5.41, 5.74) is 6.46. The Hall–Kier alpha value is -1.53. The third-order valence-electron chi connectivity index (χ3n) is 3.20. The van der Waals surface area contributed by atoms with Gasteiger partial charge < -0.3 is 5.73 Å². The van der Waals surface area contributed by atoms with Crippen molar-refractivity contribution in [2.24, 2.45) is 5.73 Å². The van der Waals surface area contributed by atoms with Crippen molar-refractivity contribution in [3.05, 3.63) is 39.9 Å². The van der Waals surface area contributed by atoms with Gasteiger partial charge in [-0.2, -0.15) is 0 Å². The van der Waals surface area contributed by atoms with Crippen LogP contribution in [-0.2, 0) is 0 Å². The van der Waals surface area contributed by atoms with Crippen LogP contribution in [0.4, 0.5) is 5.69 Å². The molecule has 0 aromatic heterocycles. The number of thiocarbonyl (C=S) groups is 1. The third kappa shape index (κ3) is 2.49. The molecule has 96 valence electrons. The summed E-state index contributed by atoms with van der Waals surface area (Å²) in [7, 11) is 0. The number of nitrogens with two attached hydrogens (primary N) is 1. The molecule has 0 bridgehead atoms. The summed E-state index contributed by atoms with van der Waals surface area (Å²) in [6.07, 6.45) is 2.17. The first-order valence-electron chi connectivity index (χ1n) is 5.88. The molecule has 2 N–H and O–H groups in total. The molecule has 18 heavy (non-hydrogen) atoms. The molecule has 1 aromatic rings. The van der Waals surface area contributed by atoms with Gasteiger partial charge in [0, 0.05) is 6.07 Å². The number of benzene rings is 1. The topological polar surface area (TPSA) is 72.4 Å². The number of rotatable bonds is 4. The molecule has 1 aliphatic rings. The third-order valence-corrected chi connectivity index (χ3v) is 3.43. The fourth-order valence-corrected chi connectivity index (χ4v) is 2.69. The first-order valence-corrected chi connectivity index (χ1v) is 6.29. The average molecular weight is 265 g/mol. The Morgan fingerprint density at radius 3 is 2.56 bits per heavy atom. The van der Waals surface area contributed by atoms with Crippen LogP contribution in [0.15, 0.2) is 24.3 Å². The highest BCUT2D eigenvalue weighted by Crippen LogP contribution is 2.31. The van der Waals surface area contributed by atoms with Crippen LogP contribution in [0.25, 0.3) is 0 Å². The maximum Gasteiger partial charge on any atom is 0.274 e. The van der Waals surface area contributed by atoms with Gasteiger partial charge in [-0.3, -0.25) is 15.0 Å². The second kappa shape index (κ2) is 5.41. The highest BCUT2D eigenvalue weighted by atomic mass is 32.1. The summed E-state index contributed by atoms with van der Waals surface area (Å²) < 4.78 is 0. The van der Waals surface area contributed by atoms with E-state index in [0.29, 0.717) is 10.6 Å². The van der Waals surface area contributed by atoms with Gasteiger partial charge in [-0.05, 0) is 25.9 Å². The number of hydrogen-bond donors (Lipinski definition) is 1. The SMILES string of the molecule is NC(=S)C(c1ccccc1[N+](=O)[O-])N1CCCC1. The lowest BCUT2D eigenvalue weighted by atomic mass is 10.0. The van der Waals surface area contributed by atoms with E-state index >= 15 is 0 Å². The Morgan fingerprint density at radius 1 is 1.39 bits per heavy atom. The highest BCUT2D eigenvalue weighted by Gasteiger charge is 2.30. The molecule has 0 amide bonds. The van der Waals surface area contributed by atoms with Crippen molar-refractivity contribution in [1.82, 2.24) is 4.90 Å². The molecule has 2 rings (SSSR count).